The van der Waals surface area contributed by atoms with E-state index in [2.05, 4.69) is 35.2 Å². The largest absolute Gasteiger partial charge is 1.00 e. The molecule has 0 saturated carbocycles. The number of hydrogen-bond acceptors (Lipinski definition) is 44. The second-order valence-electron chi connectivity index (χ2n) is 17.4. The Balaban J connectivity index is -0.000000558. The topological polar surface area (TPSA) is 889 Å². The summed E-state index contributed by atoms with van der Waals surface area (Å²) in [7, 11) is -39.4. The van der Waals surface area contributed by atoms with E-state index in [4.69, 9.17) is 23.7 Å². The normalized spacial score (nSPS) is 30.8. The Morgan fingerprint density at radius 3 is 1.37 bits per heavy atom. The molecule has 542 valence electrons. The molecule has 51 nitrogen and oxygen atoms in total. The average molecular weight is 1520 g/mol. The van der Waals surface area contributed by atoms with E-state index in [0.29, 0.717) is 0 Å². The van der Waals surface area contributed by atoms with Gasteiger partial charge in [0.15, 0.2) is 26.9 Å². The molecule has 0 radical (unpaired) electrons. The van der Waals surface area contributed by atoms with Gasteiger partial charge in [0.05, 0.1) is 113 Å². The van der Waals surface area contributed by atoms with Crippen LogP contribution in [0.15, 0.2) is 0 Å². The smallest absolute Gasteiger partial charge is 0.735 e. The summed E-state index contributed by atoms with van der Waals surface area (Å²) < 4.78 is 309. The van der Waals surface area contributed by atoms with Crippen molar-refractivity contribution in [2.45, 2.75) is 129 Å². The molecule has 5 fully saturated rings. The van der Waals surface area contributed by atoms with Gasteiger partial charge in [0.2, 0.25) is 68.3 Å². The van der Waals surface area contributed by atoms with Crippen molar-refractivity contribution in [3.05, 3.63) is 0 Å². The molecule has 16 N–H and O–H groups in total. The molecule has 0 aliphatic carbocycles. The molecule has 5 saturated heterocycles. The number of amides is 1. The minimum Gasteiger partial charge on any atom is -0.735 e. The van der Waals surface area contributed by atoms with Crippen LogP contribution >= 0.6 is 0 Å². The van der Waals surface area contributed by atoms with Crippen LogP contribution in [-0.4, -0.2) is 320 Å². The molecule has 5 aliphatic rings. The number of ether oxygens (including phenoxy) is 6. The molecule has 0 aromatic rings. The monoisotopic (exact) mass is 1520 g/mol. The first-order valence-electron chi connectivity index (χ1n) is 22.6. The number of carboxylic acids is 1. The first-order valence-corrected chi connectivity index (χ1v) is 33.4. The van der Waals surface area contributed by atoms with Crippen LogP contribution in [0.5, 0.6) is 0 Å². The average Bonchev–Trinajstić information content (AvgIpc) is 1.20. The van der Waals surface area contributed by atoms with Crippen molar-refractivity contribution in [2.24, 2.45) is 0 Å². The maximum absolute atomic E-state index is 12.3. The van der Waals surface area contributed by atoms with Crippen LogP contribution in [0.3, 0.4) is 0 Å². The maximum atomic E-state index is 12.3. The van der Waals surface area contributed by atoms with Crippen molar-refractivity contribution in [3.8, 4) is 0 Å². The molecule has 5 aliphatic heterocycles. The van der Waals surface area contributed by atoms with Crippen LogP contribution in [0.4, 0.5) is 0 Å². The van der Waals surface area contributed by atoms with E-state index >= 15 is 0 Å². The van der Waals surface area contributed by atoms with Crippen molar-refractivity contribution < 1.29 is 249 Å². The van der Waals surface area contributed by atoms with Crippen LogP contribution < -0.4 is 49.4 Å². The number of carbonyl (C=O) groups is 2. The third-order valence-electron chi connectivity index (χ3n) is 10.9. The van der Waals surface area contributed by atoms with Gasteiger partial charge >= 0.3 is 29.6 Å². The zero-order chi connectivity index (χ0) is 66.4. The second-order valence-corrected chi connectivity index (χ2v) is 25.9. The zero-order valence-corrected chi connectivity index (χ0v) is 54.0. The first kappa shape index (κ1) is 95.7. The van der Waals surface area contributed by atoms with Crippen LogP contribution in [0.25, 0.3) is 0 Å². The van der Waals surface area contributed by atoms with Gasteiger partial charge in [0, 0.05) is 32.8 Å². The third-order valence-corrected chi connectivity index (χ3v) is 14.7. The van der Waals surface area contributed by atoms with Gasteiger partial charge in [-0.2, -0.15) is 0 Å². The summed E-state index contributed by atoms with van der Waals surface area (Å²) in [4.78, 5) is 22.6. The van der Waals surface area contributed by atoms with Crippen molar-refractivity contribution in [1.82, 2.24) is 14.8 Å². The number of methoxy groups -OCH3 is 1. The van der Waals surface area contributed by atoms with Crippen molar-refractivity contribution in [1.29, 1.82) is 0 Å². The van der Waals surface area contributed by atoms with E-state index in [0.717, 1.165) is 7.11 Å². The van der Waals surface area contributed by atoms with E-state index < -0.39 is 245 Å². The maximum Gasteiger partial charge on any atom is 1.00 e. The molecule has 60 heteroatoms. The number of aliphatic hydroxyl groups excluding tert-OH is 5. The standard InChI is InChI=1S/C12H21NO14S2.C7H15NO10S2.C6H13NO12S3.C6H10O8S.Na.4H2O/c14-6-1-8(25-3-7(6)15)12(17)13-5-2-24-9(4-26-28(18,19)20)10(16)11(5)27-29(21,22)23;1-16-7-6(8-19(10,11)12)5(9)2-4(18-7)3-17-20(13,14)15;8-20(9,10)7-5-3-17-4(2-18-21(11,12)13)1-6(5)19-22(14,15)16;7-3-1-4(6(8)9)13-2-5(3)14-15(10,11)12;;;;;/h5-11,14-16H,1-4H2,(H,13,17)(H,18,19,20)(H,21,22,23);4-9H,2-3H2,1H3,(H,10,11,12)(H,13,14,15);4-7H,1-3H2,(H,8,9,10)(H,11,12,13)(H,14,15,16);3-5,7H,1-2H2,(H,8,9)(H,10,11,12);;4*1H2/q;;;;+1;;;;/p-9/t5?,6-,7?,8?,9?,10-,11+;4?,5-,6?,7+;4?,5?,6-;3-,4?,5?;;;;;/m1111...../s1. The Morgan fingerprint density at radius 2 is 0.934 bits per heavy atom. The number of carboxylic acid groups (broad SMARTS) is 1. The Kier molecular flexibility index (Phi) is 42.3. The quantitative estimate of drug-likeness (QED) is 0.0267. The van der Waals surface area contributed by atoms with Gasteiger partial charge in [-0.1, -0.05) is 0 Å². The van der Waals surface area contributed by atoms with Gasteiger partial charge in [-0.3, -0.25) is 29.9 Å². The van der Waals surface area contributed by atoms with Gasteiger partial charge in [0.25, 0.3) is 0 Å². The van der Waals surface area contributed by atoms with Crippen molar-refractivity contribution in [2.75, 3.05) is 53.4 Å². The fourth-order valence-corrected chi connectivity index (χ4v) is 11.0. The summed E-state index contributed by atoms with van der Waals surface area (Å²) in [6.45, 7) is -4.49. The van der Waals surface area contributed by atoms with E-state index in [1.807, 2.05) is 0 Å². The van der Waals surface area contributed by atoms with Crippen LogP contribution in [0, 0.1) is 0 Å². The molecular formula is C31H58N3NaO48S8-8. The number of carbonyl (C=O) groups excluding carboxylic acids is 2. The fourth-order valence-electron chi connectivity index (χ4n) is 7.31. The Morgan fingerprint density at radius 1 is 0.484 bits per heavy atom. The van der Waals surface area contributed by atoms with Crippen LogP contribution in [0.2, 0.25) is 0 Å². The minimum atomic E-state index is -5.38. The molecule has 0 bridgehead atoms. The molecular weight excluding hydrogens is 1460 g/mol. The number of hydrogen-bond donors (Lipinski definition) is 8. The Labute approximate surface area is 538 Å². The second kappa shape index (κ2) is 40.3. The van der Waals surface area contributed by atoms with E-state index in [9.17, 15) is 144 Å². The Bertz CT molecular complexity index is 3150. The van der Waals surface area contributed by atoms with Gasteiger partial charge in [-0.25, -0.2) is 76.8 Å². The Hall–Kier alpha value is -1.70. The summed E-state index contributed by atoms with van der Waals surface area (Å²) >= 11 is 0. The van der Waals surface area contributed by atoms with Gasteiger partial charge < -0.3 is 127 Å². The molecule has 91 heavy (non-hydrogen) atoms. The molecule has 0 aromatic heterocycles. The molecule has 0 aromatic carbocycles. The zero-order valence-electron chi connectivity index (χ0n) is 45.5. The third kappa shape index (κ3) is 40.6. The number of rotatable bonds is 23. The molecule has 10 unspecified atom stereocenters. The van der Waals surface area contributed by atoms with Gasteiger partial charge in [-0.05, 0) is 0 Å². The fraction of sp³-hybridized carbons (Fsp3) is 0.935. The van der Waals surface area contributed by atoms with Gasteiger partial charge in [-0.15, -0.1) is 0 Å². The summed E-state index contributed by atoms with van der Waals surface area (Å²) in [5, 5.41) is 60.7. The van der Waals surface area contributed by atoms with Crippen molar-refractivity contribution in [3.63, 3.8) is 0 Å². The first-order chi connectivity index (χ1) is 38.8. The van der Waals surface area contributed by atoms with Crippen molar-refractivity contribution >= 4 is 94.9 Å². The van der Waals surface area contributed by atoms with E-state index in [1.54, 1.807) is 4.72 Å². The SMILES string of the molecule is CO[C@H]1OC(COS(=O)(=O)[O-])C[C@@H](O)C1NS(=O)(=O)[O-].O.O.O.O.O=C(NC1COC(COS(=O)(=O)[O-])[C@@H](O)[C@H]1OS(=O)(=O)[O-])C1C[C@@H](O)C(O)CO1.O=C([O-])C1C[C@@H](O)C(OS(=O)(=O)[O-])CO1.O=S(=O)([O-])NC1COC(COS(=O)(=O)[O-])C[C@H]1OS(=O)(=O)[O-].[Na+]. The molecule has 1 amide bonds. The predicted molar refractivity (Wildman–Crippen MR) is 258 cm³/mol. The number of nitrogens with one attached hydrogen (secondary N) is 3. The van der Waals surface area contributed by atoms with Gasteiger partial charge in [0.1, 0.15) is 36.6 Å². The summed E-state index contributed by atoms with van der Waals surface area (Å²) in [6.07, 6.45) is -21.3. The summed E-state index contributed by atoms with van der Waals surface area (Å²) in [5.41, 5.74) is 0. The predicted octanol–water partition coefficient (Wildman–Crippen LogP) is -21.0. The van der Waals surface area contributed by atoms with Crippen LogP contribution in [-0.2, 0) is 146 Å². The van der Waals surface area contributed by atoms with E-state index in [1.165, 1.54) is 4.72 Å². The van der Waals surface area contributed by atoms with E-state index in [-0.39, 0.29) is 77.3 Å². The molecule has 17 atom stereocenters. The molecule has 0 spiro atoms. The molecule has 5 rings (SSSR count). The molecule has 5 heterocycles. The minimum absolute atomic E-state index is 0. The van der Waals surface area contributed by atoms with Crippen LogP contribution in [0.1, 0.15) is 25.7 Å². The number of aliphatic carboxylic acids is 1. The number of aliphatic hydroxyl groups is 5. The summed E-state index contributed by atoms with van der Waals surface area (Å²) in [6, 6.07) is -4.26. The summed E-state index contributed by atoms with van der Waals surface area (Å²) in [5.74, 6) is -2.40.